The third-order valence-electron chi connectivity index (χ3n) is 3.45. The predicted molar refractivity (Wildman–Crippen MR) is 51.1 cm³/mol. The summed E-state index contributed by atoms with van der Waals surface area (Å²) in [5.41, 5.74) is 4.98. The second kappa shape index (κ2) is 3.25. The minimum Gasteiger partial charge on any atom is -0.368 e. The molecule has 14 heavy (non-hydrogen) atoms. The highest BCUT2D eigenvalue weighted by molar-refractivity contribution is 5.85. The van der Waals surface area contributed by atoms with Crippen molar-refractivity contribution >= 4 is 5.91 Å². The Hall–Kier alpha value is -1.08. The molecule has 2 fully saturated rings. The summed E-state index contributed by atoms with van der Waals surface area (Å²) in [5.74, 6) is -0.241. The Morgan fingerprint density at radius 3 is 2.50 bits per heavy atom. The van der Waals surface area contributed by atoms with Gasteiger partial charge in [0.25, 0.3) is 0 Å². The molecule has 1 aliphatic carbocycles. The van der Waals surface area contributed by atoms with E-state index in [9.17, 15) is 4.79 Å². The first-order chi connectivity index (χ1) is 6.70. The lowest BCUT2D eigenvalue weighted by atomic mass is 9.81. The molecule has 0 radical (unpaired) electrons. The van der Waals surface area contributed by atoms with Gasteiger partial charge in [-0.25, -0.2) is 0 Å². The molecule has 1 saturated heterocycles. The number of nitrogens with two attached hydrogens (primary N) is 1. The molecule has 2 unspecified atom stereocenters. The summed E-state index contributed by atoms with van der Waals surface area (Å²) in [4.78, 5) is 13.5. The summed E-state index contributed by atoms with van der Waals surface area (Å²) >= 11 is 0. The van der Waals surface area contributed by atoms with Crippen molar-refractivity contribution in [2.75, 3.05) is 6.54 Å². The van der Waals surface area contributed by atoms with E-state index < -0.39 is 5.54 Å². The number of hydrogen-bond donors (Lipinski definition) is 1. The summed E-state index contributed by atoms with van der Waals surface area (Å²) in [6.45, 7) is 0.722. The van der Waals surface area contributed by atoms with Crippen molar-refractivity contribution in [3.63, 3.8) is 0 Å². The first-order valence-electron chi connectivity index (χ1n) is 5.17. The normalized spacial score (nSPS) is 34.5. The molecule has 0 aromatic carbocycles. The van der Waals surface area contributed by atoms with Gasteiger partial charge in [-0.15, -0.1) is 0 Å². The van der Waals surface area contributed by atoms with Gasteiger partial charge >= 0.3 is 0 Å². The summed E-state index contributed by atoms with van der Waals surface area (Å²) < 4.78 is 0. The number of carbonyl (C=O) groups is 1. The molecule has 0 spiro atoms. The van der Waals surface area contributed by atoms with E-state index in [1.54, 1.807) is 0 Å². The van der Waals surface area contributed by atoms with Crippen LogP contribution in [0.15, 0.2) is 0 Å². The van der Waals surface area contributed by atoms with Gasteiger partial charge in [-0.3, -0.25) is 9.69 Å². The first-order valence-corrected chi connectivity index (χ1v) is 5.17. The van der Waals surface area contributed by atoms with E-state index in [-0.39, 0.29) is 11.9 Å². The Labute approximate surface area is 83.7 Å². The molecule has 1 saturated carbocycles. The van der Waals surface area contributed by atoms with Gasteiger partial charge < -0.3 is 5.73 Å². The zero-order valence-corrected chi connectivity index (χ0v) is 8.20. The molecule has 76 valence electrons. The van der Waals surface area contributed by atoms with E-state index in [0.29, 0.717) is 0 Å². The molecule has 1 amide bonds. The van der Waals surface area contributed by atoms with Crippen molar-refractivity contribution in [3.05, 3.63) is 0 Å². The SMILES string of the molecule is N#CC1CN1C1(C(N)=O)CCCCC1. The molecule has 1 aliphatic heterocycles. The Morgan fingerprint density at radius 2 is 2.07 bits per heavy atom. The van der Waals surface area contributed by atoms with Crippen LogP contribution in [0.1, 0.15) is 32.1 Å². The van der Waals surface area contributed by atoms with Crippen molar-refractivity contribution in [1.82, 2.24) is 4.90 Å². The fourth-order valence-electron chi connectivity index (χ4n) is 2.53. The average molecular weight is 193 g/mol. The maximum Gasteiger partial charge on any atom is 0.237 e. The van der Waals surface area contributed by atoms with Crippen molar-refractivity contribution in [2.24, 2.45) is 5.73 Å². The van der Waals surface area contributed by atoms with Crippen molar-refractivity contribution < 1.29 is 4.79 Å². The van der Waals surface area contributed by atoms with Crippen LogP contribution < -0.4 is 5.73 Å². The highest BCUT2D eigenvalue weighted by Gasteiger charge is 2.53. The fraction of sp³-hybridized carbons (Fsp3) is 0.800. The Bertz CT molecular complexity index is 288. The van der Waals surface area contributed by atoms with Crippen molar-refractivity contribution in [1.29, 1.82) is 5.26 Å². The van der Waals surface area contributed by atoms with Gasteiger partial charge in [-0.05, 0) is 12.8 Å². The number of amides is 1. The molecular formula is C10H15N3O. The fourth-order valence-corrected chi connectivity index (χ4v) is 2.53. The zero-order valence-electron chi connectivity index (χ0n) is 8.20. The number of hydrogen-bond acceptors (Lipinski definition) is 3. The largest absolute Gasteiger partial charge is 0.368 e. The van der Waals surface area contributed by atoms with Crippen LogP contribution in [0.25, 0.3) is 0 Å². The molecule has 0 aromatic heterocycles. The summed E-state index contributed by atoms with van der Waals surface area (Å²) in [6, 6.07) is 2.12. The number of rotatable bonds is 2. The lowest BCUT2D eigenvalue weighted by Gasteiger charge is -2.35. The van der Waals surface area contributed by atoms with Gasteiger partial charge in [0.1, 0.15) is 11.6 Å². The van der Waals surface area contributed by atoms with Gasteiger partial charge in [0.2, 0.25) is 5.91 Å². The molecule has 4 nitrogen and oxygen atoms in total. The van der Waals surface area contributed by atoms with Crippen LogP contribution in [0.5, 0.6) is 0 Å². The third-order valence-corrected chi connectivity index (χ3v) is 3.45. The summed E-state index contributed by atoms with van der Waals surface area (Å²) in [7, 11) is 0. The lowest BCUT2D eigenvalue weighted by Crippen LogP contribution is -2.52. The van der Waals surface area contributed by atoms with E-state index >= 15 is 0 Å². The first kappa shape index (κ1) is 9.47. The standard InChI is InChI=1S/C10H15N3O/c11-6-8-7-13(8)10(9(12)14)4-2-1-3-5-10/h8H,1-5,7H2,(H2,12,14). The van der Waals surface area contributed by atoms with Crippen molar-refractivity contribution in [3.8, 4) is 6.07 Å². The minimum atomic E-state index is -0.487. The van der Waals surface area contributed by atoms with Crippen LogP contribution in [0.3, 0.4) is 0 Å². The molecule has 4 heteroatoms. The molecular weight excluding hydrogens is 178 g/mol. The topological polar surface area (TPSA) is 69.9 Å². The summed E-state index contributed by atoms with van der Waals surface area (Å²) in [5, 5.41) is 8.76. The van der Waals surface area contributed by atoms with Gasteiger partial charge in [0.05, 0.1) is 6.07 Å². The maximum absolute atomic E-state index is 11.5. The maximum atomic E-state index is 11.5. The zero-order chi connectivity index (χ0) is 10.2. The molecule has 0 aromatic rings. The average Bonchev–Trinajstić information content (AvgIpc) is 2.98. The number of nitrogens with zero attached hydrogens (tertiary/aromatic N) is 2. The second-order valence-corrected chi connectivity index (χ2v) is 4.25. The van der Waals surface area contributed by atoms with E-state index in [2.05, 4.69) is 6.07 Å². The summed E-state index contributed by atoms with van der Waals surface area (Å²) in [6.07, 6.45) is 4.95. The van der Waals surface area contributed by atoms with Gasteiger partial charge in [-0.1, -0.05) is 19.3 Å². The lowest BCUT2D eigenvalue weighted by molar-refractivity contribution is -0.128. The Balaban J connectivity index is 2.15. The Morgan fingerprint density at radius 1 is 1.43 bits per heavy atom. The van der Waals surface area contributed by atoms with E-state index in [1.807, 2.05) is 4.90 Å². The molecule has 2 rings (SSSR count). The second-order valence-electron chi connectivity index (χ2n) is 4.25. The van der Waals surface area contributed by atoms with Gasteiger partial charge in [0.15, 0.2) is 0 Å². The minimum absolute atomic E-state index is 0.0689. The highest BCUT2D eigenvalue weighted by atomic mass is 16.1. The van der Waals surface area contributed by atoms with Crippen LogP contribution in [-0.4, -0.2) is 28.9 Å². The molecule has 2 atom stereocenters. The monoisotopic (exact) mass is 193 g/mol. The van der Waals surface area contributed by atoms with Crippen LogP contribution >= 0.6 is 0 Å². The predicted octanol–water partition coefficient (Wildman–Crippen LogP) is 0.382. The molecule has 0 bridgehead atoms. The molecule has 2 aliphatic rings. The number of primary amides is 1. The van der Waals surface area contributed by atoms with Crippen LogP contribution in [-0.2, 0) is 4.79 Å². The third kappa shape index (κ3) is 1.28. The smallest absolute Gasteiger partial charge is 0.237 e. The van der Waals surface area contributed by atoms with Crippen LogP contribution in [0.2, 0.25) is 0 Å². The highest BCUT2D eigenvalue weighted by Crippen LogP contribution is 2.40. The van der Waals surface area contributed by atoms with E-state index in [4.69, 9.17) is 11.0 Å². The molecule has 2 N–H and O–H groups in total. The number of nitriles is 1. The Kier molecular flexibility index (Phi) is 2.20. The number of carbonyl (C=O) groups excluding carboxylic acids is 1. The van der Waals surface area contributed by atoms with Crippen LogP contribution in [0, 0.1) is 11.3 Å². The van der Waals surface area contributed by atoms with E-state index in [0.717, 1.165) is 32.2 Å². The molecule has 1 heterocycles. The van der Waals surface area contributed by atoms with Gasteiger partial charge in [0, 0.05) is 6.54 Å². The van der Waals surface area contributed by atoms with E-state index in [1.165, 1.54) is 6.42 Å². The van der Waals surface area contributed by atoms with Gasteiger partial charge in [-0.2, -0.15) is 5.26 Å². The van der Waals surface area contributed by atoms with Crippen LogP contribution in [0.4, 0.5) is 0 Å². The quantitative estimate of drug-likeness (QED) is 0.645. The van der Waals surface area contributed by atoms with Crippen molar-refractivity contribution in [2.45, 2.75) is 43.7 Å².